The van der Waals surface area contributed by atoms with Crippen LogP contribution in [-0.2, 0) is 28.1 Å². The van der Waals surface area contributed by atoms with Gasteiger partial charge in [0.15, 0.2) is 5.82 Å². The first-order valence-electron chi connectivity index (χ1n) is 9.73. The number of rotatable bonds is 6. The zero-order valence-electron chi connectivity index (χ0n) is 17.1. The number of aromatic amines is 1. The molecule has 1 atom stereocenters. The minimum atomic E-state index is -3.12. The molecule has 1 unspecified atom stereocenters. The normalized spacial score (nSPS) is 17.2. The first-order chi connectivity index (χ1) is 15.1. The molecule has 1 aliphatic carbocycles. The van der Waals surface area contributed by atoms with Gasteiger partial charge >= 0.3 is 0 Å². The summed E-state index contributed by atoms with van der Waals surface area (Å²) in [7, 11) is -1.57. The molecule has 168 valence electrons. The zero-order chi connectivity index (χ0) is 22.8. The molecular weight excluding hydrogens is 445 g/mol. The van der Waals surface area contributed by atoms with Crippen molar-refractivity contribution >= 4 is 20.8 Å². The van der Waals surface area contributed by atoms with Crippen LogP contribution in [0.15, 0.2) is 24.5 Å². The van der Waals surface area contributed by atoms with Crippen LogP contribution in [0.4, 0.5) is 13.2 Å². The Morgan fingerprint density at radius 2 is 2.12 bits per heavy atom. The molecule has 0 aliphatic heterocycles. The number of hydrogen-bond donors (Lipinski definition) is 2. The summed E-state index contributed by atoms with van der Waals surface area (Å²) in [6.07, 6.45) is 2.06. The van der Waals surface area contributed by atoms with Crippen LogP contribution in [0, 0.1) is 10.6 Å². The Morgan fingerprint density at radius 3 is 2.66 bits per heavy atom. The van der Waals surface area contributed by atoms with E-state index in [9.17, 15) is 17.4 Å². The number of H-pyrrole nitrogens is 1. The average Bonchev–Trinajstić information content (AvgIpc) is 3.03. The highest BCUT2D eigenvalue weighted by atomic mass is 32.2. The molecule has 0 radical (unpaired) electrons. The number of nitrogens with one attached hydrogen (secondary N) is 2. The highest BCUT2D eigenvalue weighted by Gasteiger charge is 2.53. The van der Waals surface area contributed by atoms with Crippen molar-refractivity contribution in [2.75, 3.05) is 6.26 Å². The predicted molar refractivity (Wildman–Crippen MR) is 111 cm³/mol. The fraction of sp³-hybridized carbons (Fsp3) is 0.368. The van der Waals surface area contributed by atoms with Crippen molar-refractivity contribution in [3.8, 4) is 22.8 Å². The molecule has 2 N–H and O–H groups in total. The van der Waals surface area contributed by atoms with E-state index < -0.39 is 33.3 Å². The standard InChI is InChI=1S/C19H19F3N8OS/c1-29-18(11(20)8-25-29)13-7-10(19(4-5-19)32(2,23)31)17-16(26-13)15(12-3-6-24-27-12)28-30(17)9-14(21)22/h3,6-8,14,23H,4-5,9H2,1-2H3,(H,24,27). The van der Waals surface area contributed by atoms with Gasteiger partial charge < -0.3 is 0 Å². The molecule has 4 aromatic heterocycles. The molecule has 1 fully saturated rings. The summed E-state index contributed by atoms with van der Waals surface area (Å²) in [5.74, 6) is -0.610. The lowest BCUT2D eigenvalue weighted by molar-refractivity contribution is 0.123. The predicted octanol–water partition coefficient (Wildman–Crippen LogP) is 3.29. The van der Waals surface area contributed by atoms with Crippen LogP contribution < -0.4 is 0 Å². The summed E-state index contributed by atoms with van der Waals surface area (Å²) in [5.41, 5.74) is 1.88. The Morgan fingerprint density at radius 1 is 1.38 bits per heavy atom. The molecule has 5 rings (SSSR count). The summed E-state index contributed by atoms with van der Waals surface area (Å²) in [5, 5.41) is 14.9. The number of alkyl halides is 2. The highest BCUT2D eigenvalue weighted by molar-refractivity contribution is 7.93. The second kappa shape index (κ2) is 6.89. The molecule has 4 aromatic rings. The molecule has 0 saturated heterocycles. The molecule has 13 heteroatoms. The van der Waals surface area contributed by atoms with E-state index in [1.165, 1.54) is 23.2 Å². The maximum atomic E-state index is 14.6. The smallest absolute Gasteiger partial charge is 0.257 e. The van der Waals surface area contributed by atoms with Gasteiger partial charge in [-0.25, -0.2) is 22.4 Å². The van der Waals surface area contributed by atoms with Gasteiger partial charge in [0.25, 0.3) is 6.43 Å². The quantitative estimate of drug-likeness (QED) is 0.454. The number of nitrogens with zero attached hydrogens (tertiary/aromatic N) is 6. The largest absolute Gasteiger partial charge is 0.276 e. The monoisotopic (exact) mass is 464 g/mol. The Bertz CT molecular complexity index is 1420. The molecule has 0 bridgehead atoms. The van der Waals surface area contributed by atoms with E-state index in [1.54, 1.807) is 13.1 Å². The number of pyridine rings is 1. The molecule has 0 aromatic carbocycles. The van der Waals surface area contributed by atoms with Gasteiger partial charge in [-0.1, -0.05) is 0 Å². The molecule has 0 spiro atoms. The van der Waals surface area contributed by atoms with Crippen LogP contribution >= 0.6 is 0 Å². The number of hydrogen-bond acceptors (Lipinski definition) is 6. The van der Waals surface area contributed by atoms with Crippen molar-refractivity contribution in [1.82, 2.24) is 34.7 Å². The van der Waals surface area contributed by atoms with Gasteiger partial charge in [-0.05, 0) is 25.0 Å². The van der Waals surface area contributed by atoms with Crippen molar-refractivity contribution in [2.45, 2.75) is 30.6 Å². The lowest BCUT2D eigenvalue weighted by Crippen LogP contribution is -2.21. The van der Waals surface area contributed by atoms with E-state index in [-0.39, 0.29) is 28.1 Å². The average molecular weight is 464 g/mol. The third-order valence-corrected chi connectivity index (χ3v) is 7.96. The fourth-order valence-electron chi connectivity index (χ4n) is 4.16. The van der Waals surface area contributed by atoms with Crippen LogP contribution in [0.3, 0.4) is 0 Å². The van der Waals surface area contributed by atoms with E-state index in [0.29, 0.717) is 24.1 Å². The Labute approximate surface area is 180 Å². The third-order valence-electron chi connectivity index (χ3n) is 5.84. The first-order valence-corrected chi connectivity index (χ1v) is 11.7. The van der Waals surface area contributed by atoms with E-state index >= 15 is 0 Å². The van der Waals surface area contributed by atoms with Gasteiger partial charge in [0.2, 0.25) is 0 Å². The molecular formula is C19H19F3N8OS. The Kier molecular flexibility index (Phi) is 4.45. The van der Waals surface area contributed by atoms with E-state index in [2.05, 4.69) is 25.4 Å². The second-order valence-electron chi connectivity index (χ2n) is 7.95. The van der Waals surface area contributed by atoms with Crippen LogP contribution in [0.2, 0.25) is 0 Å². The maximum absolute atomic E-state index is 14.6. The number of fused-ring (bicyclic) bond motifs is 1. The van der Waals surface area contributed by atoms with Crippen molar-refractivity contribution in [3.63, 3.8) is 0 Å². The molecule has 0 amide bonds. The highest BCUT2D eigenvalue weighted by Crippen LogP contribution is 2.55. The lowest BCUT2D eigenvalue weighted by atomic mass is 10.1. The molecule has 32 heavy (non-hydrogen) atoms. The van der Waals surface area contributed by atoms with Crippen molar-refractivity contribution in [1.29, 1.82) is 4.78 Å². The van der Waals surface area contributed by atoms with E-state index in [1.807, 2.05) is 0 Å². The molecule has 9 nitrogen and oxygen atoms in total. The van der Waals surface area contributed by atoms with Crippen molar-refractivity contribution in [3.05, 3.63) is 35.9 Å². The number of aryl methyl sites for hydroxylation is 1. The van der Waals surface area contributed by atoms with Crippen molar-refractivity contribution in [2.24, 2.45) is 7.05 Å². The van der Waals surface area contributed by atoms with Crippen LogP contribution in [0.1, 0.15) is 18.4 Å². The van der Waals surface area contributed by atoms with Crippen LogP contribution in [-0.4, -0.2) is 51.6 Å². The second-order valence-corrected chi connectivity index (χ2v) is 10.4. The Balaban J connectivity index is 1.91. The van der Waals surface area contributed by atoms with Gasteiger partial charge in [-0.15, -0.1) is 0 Å². The Hall–Kier alpha value is -3.22. The number of halogens is 3. The summed E-state index contributed by atoms with van der Waals surface area (Å²) in [4.78, 5) is 4.58. The van der Waals surface area contributed by atoms with E-state index in [4.69, 9.17) is 4.78 Å². The van der Waals surface area contributed by atoms with Crippen molar-refractivity contribution < 1.29 is 17.4 Å². The van der Waals surface area contributed by atoms with Gasteiger partial charge in [-0.3, -0.25) is 19.2 Å². The molecule has 1 aliphatic rings. The minimum Gasteiger partial charge on any atom is -0.276 e. The van der Waals surface area contributed by atoms with Gasteiger partial charge in [0.1, 0.15) is 23.4 Å². The lowest BCUT2D eigenvalue weighted by Gasteiger charge is -2.19. The van der Waals surface area contributed by atoms with Gasteiger partial charge in [0, 0.05) is 25.1 Å². The zero-order valence-corrected chi connectivity index (χ0v) is 18.0. The summed E-state index contributed by atoms with van der Waals surface area (Å²) in [6, 6.07) is 3.15. The van der Waals surface area contributed by atoms with Crippen LogP contribution in [0.5, 0.6) is 0 Å². The molecule has 4 heterocycles. The summed E-state index contributed by atoms with van der Waals surface area (Å²) < 4.78 is 64.1. The topological polar surface area (TPSA) is 118 Å². The van der Waals surface area contributed by atoms with Crippen LogP contribution in [0.25, 0.3) is 33.8 Å². The summed E-state index contributed by atoms with van der Waals surface area (Å²) >= 11 is 0. The fourth-order valence-corrected chi connectivity index (χ4v) is 5.62. The summed E-state index contributed by atoms with van der Waals surface area (Å²) in [6.45, 7) is -0.711. The van der Waals surface area contributed by atoms with Gasteiger partial charge in [0.05, 0.1) is 37.6 Å². The first kappa shape index (κ1) is 20.7. The maximum Gasteiger partial charge on any atom is 0.257 e. The molecule has 1 saturated carbocycles. The SMILES string of the molecule is Cn1ncc(F)c1-c1cc(C2(S(C)(=N)=O)CC2)c2c(n1)c(-c1ccn[nH]1)nn2CC(F)F. The van der Waals surface area contributed by atoms with Gasteiger partial charge in [-0.2, -0.15) is 15.3 Å². The van der Waals surface area contributed by atoms with E-state index in [0.717, 1.165) is 10.9 Å². The minimum absolute atomic E-state index is 0.0914. The third kappa shape index (κ3) is 3.02. The number of aromatic nitrogens is 7.